The van der Waals surface area contributed by atoms with Crippen LogP contribution in [0.5, 0.6) is 5.75 Å². The lowest BCUT2D eigenvalue weighted by Gasteiger charge is -2.13. The zero-order valence-corrected chi connectivity index (χ0v) is 12.5. The average molecular weight is 311 g/mol. The van der Waals surface area contributed by atoms with Gasteiger partial charge in [-0.3, -0.25) is 0 Å². The molecule has 0 bridgehead atoms. The summed E-state index contributed by atoms with van der Waals surface area (Å²) in [6, 6.07) is 9.37. The first-order valence-corrected chi connectivity index (χ1v) is 7.75. The highest BCUT2D eigenvalue weighted by atomic mass is 35.5. The van der Waals surface area contributed by atoms with E-state index in [1.807, 2.05) is 6.07 Å². The summed E-state index contributed by atoms with van der Waals surface area (Å²) >= 11 is 9.27. The summed E-state index contributed by atoms with van der Waals surface area (Å²) in [7, 11) is 1.59. The lowest BCUT2D eigenvalue weighted by molar-refractivity contribution is 0.218. The molecule has 2 heterocycles. The van der Waals surface area contributed by atoms with E-state index in [0.29, 0.717) is 16.3 Å². The average Bonchev–Trinajstić information content (AvgIpc) is 2.98. The molecule has 0 aliphatic rings. The molecule has 2 nitrogen and oxygen atoms in total. The molecule has 0 saturated heterocycles. The molecule has 1 aromatic carbocycles. The SMILES string of the molecule is COc1ccc(Cl)cc1C(O)c1cc2sccc2s1. The van der Waals surface area contributed by atoms with Crippen LogP contribution in [0.25, 0.3) is 9.40 Å². The van der Waals surface area contributed by atoms with Gasteiger partial charge in [-0.2, -0.15) is 0 Å². The molecule has 0 fully saturated rings. The minimum absolute atomic E-state index is 0.591. The van der Waals surface area contributed by atoms with Crippen molar-refractivity contribution in [1.82, 2.24) is 0 Å². The predicted molar refractivity (Wildman–Crippen MR) is 81.8 cm³/mol. The summed E-state index contributed by atoms with van der Waals surface area (Å²) in [6.07, 6.45) is -0.710. The molecule has 1 N–H and O–H groups in total. The summed E-state index contributed by atoms with van der Waals surface area (Å²) in [5.74, 6) is 0.647. The van der Waals surface area contributed by atoms with Gasteiger partial charge in [-0.1, -0.05) is 11.6 Å². The highest BCUT2D eigenvalue weighted by Gasteiger charge is 2.18. The van der Waals surface area contributed by atoms with Crippen LogP contribution in [-0.2, 0) is 0 Å². The predicted octanol–water partition coefficient (Wildman–Crippen LogP) is 4.71. The van der Waals surface area contributed by atoms with Gasteiger partial charge in [0.1, 0.15) is 11.9 Å². The molecular formula is C14H11ClO2S2. The van der Waals surface area contributed by atoms with Crippen LogP contribution in [0, 0.1) is 0 Å². The van der Waals surface area contributed by atoms with Crippen LogP contribution in [0.15, 0.2) is 35.7 Å². The molecule has 0 radical (unpaired) electrons. The Labute approximate surface area is 123 Å². The van der Waals surface area contributed by atoms with Gasteiger partial charge in [-0.25, -0.2) is 0 Å². The molecule has 0 saturated carbocycles. The molecule has 2 aromatic heterocycles. The second kappa shape index (κ2) is 5.13. The Morgan fingerprint density at radius 3 is 2.79 bits per heavy atom. The van der Waals surface area contributed by atoms with Crippen LogP contribution in [0.4, 0.5) is 0 Å². The number of thiophene rings is 2. The van der Waals surface area contributed by atoms with Gasteiger partial charge >= 0.3 is 0 Å². The van der Waals surface area contributed by atoms with Crippen LogP contribution in [0.1, 0.15) is 16.5 Å². The van der Waals surface area contributed by atoms with Crippen molar-refractivity contribution in [1.29, 1.82) is 0 Å². The molecule has 0 aliphatic carbocycles. The Kier molecular flexibility index (Phi) is 3.50. The number of hydrogen-bond donors (Lipinski definition) is 1. The number of fused-ring (bicyclic) bond motifs is 1. The minimum atomic E-state index is -0.710. The fraction of sp³-hybridized carbons (Fsp3) is 0.143. The van der Waals surface area contributed by atoms with E-state index >= 15 is 0 Å². The fourth-order valence-electron chi connectivity index (χ4n) is 1.99. The van der Waals surface area contributed by atoms with Gasteiger partial charge in [0.25, 0.3) is 0 Å². The highest BCUT2D eigenvalue weighted by Crippen LogP contribution is 2.39. The Morgan fingerprint density at radius 1 is 1.21 bits per heavy atom. The van der Waals surface area contributed by atoms with Crippen molar-refractivity contribution in [3.63, 3.8) is 0 Å². The van der Waals surface area contributed by atoms with Gasteiger partial charge in [0, 0.05) is 24.9 Å². The van der Waals surface area contributed by atoms with Gasteiger partial charge in [-0.15, -0.1) is 22.7 Å². The van der Waals surface area contributed by atoms with Crippen molar-refractivity contribution in [2.45, 2.75) is 6.10 Å². The summed E-state index contributed by atoms with van der Waals surface area (Å²) in [6.45, 7) is 0. The van der Waals surface area contributed by atoms with Crippen LogP contribution in [0.3, 0.4) is 0 Å². The zero-order chi connectivity index (χ0) is 13.4. The van der Waals surface area contributed by atoms with Crippen molar-refractivity contribution >= 4 is 43.7 Å². The zero-order valence-electron chi connectivity index (χ0n) is 10.1. The molecule has 0 aliphatic heterocycles. The third kappa shape index (κ3) is 2.37. The van der Waals surface area contributed by atoms with Gasteiger partial charge in [0.2, 0.25) is 0 Å². The molecule has 0 amide bonds. The molecule has 1 unspecified atom stereocenters. The fourth-order valence-corrected chi connectivity index (χ4v) is 4.30. The second-order valence-corrected chi connectivity index (χ2v) is 6.59. The molecule has 3 rings (SSSR count). The van der Waals surface area contributed by atoms with Crippen molar-refractivity contribution in [2.75, 3.05) is 7.11 Å². The van der Waals surface area contributed by atoms with Crippen molar-refractivity contribution < 1.29 is 9.84 Å². The second-order valence-electron chi connectivity index (χ2n) is 4.09. The molecule has 0 spiro atoms. The maximum atomic E-state index is 10.5. The molecular weight excluding hydrogens is 300 g/mol. The van der Waals surface area contributed by atoms with E-state index in [1.165, 1.54) is 9.40 Å². The normalized spacial score (nSPS) is 12.8. The maximum Gasteiger partial charge on any atom is 0.125 e. The first-order valence-electron chi connectivity index (χ1n) is 5.67. The van der Waals surface area contributed by atoms with E-state index < -0.39 is 6.10 Å². The topological polar surface area (TPSA) is 29.5 Å². The Bertz CT molecular complexity index is 689. The number of rotatable bonds is 3. The first-order chi connectivity index (χ1) is 9.19. The lowest BCUT2D eigenvalue weighted by Crippen LogP contribution is -2.00. The number of methoxy groups -OCH3 is 1. The molecule has 1 atom stereocenters. The Balaban J connectivity index is 2.05. The van der Waals surface area contributed by atoms with Gasteiger partial charge in [-0.05, 0) is 35.7 Å². The van der Waals surface area contributed by atoms with E-state index in [0.717, 1.165) is 4.88 Å². The number of halogens is 1. The first kappa shape index (κ1) is 12.9. The van der Waals surface area contributed by atoms with E-state index in [1.54, 1.807) is 48.0 Å². The summed E-state index contributed by atoms with van der Waals surface area (Å²) in [4.78, 5) is 0.905. The summed E-state index contributed by atoms with van der Waals surface area (Å²) in [5.41, 5.74) is 0.698. The van der Waals surface area contributed by atoms with Crippen molar-refractivity contribution in [3.8, 4) is 5.75 Å². The van der Waals surface area contributed by atoms with E-state index in [-0.39, 0.29) is 0 Å². The smallest absolute Gasteiger partial charge is 0.125 e. The third-order valence-corrected chi connectivity index (χ3v) is 5.30. The molecule has 98 valence electrons. The van der Waals surface area contributed by atoms with Gasteiger partial charge in [0.05, 0.1) is 7.11 Å². The lowest BCUT2D eigenvalue weighted by atomic mass is 10.1. The van der Waals surface area contributed by atoms with Gasteiger partial charge < -0.3 is 9.84 Å². The summed E-state index contributed by atoms with van der Waals surface area (Å²) in [5, 5.41) is 13.2. The largest absolute Gasteiger partial charge is 0.496 e. The monoisotopic (exact) mass is 310 g/mol. The van der Waals surface area contributed by atoms with Crippen LogP contribution in [-0.4, -0.2) is 12.2 Å². The van der Waals surface area contributed by atoms with Gasteiger partial charge in [0.15, 0.2) is 0 Å². The van der Waals surface area contributed by atoms with E-state index in [4.69, 9.17) is 16.3 Å². The third-order valence-electron chi connectivity index (χ3n) is 2.91. The molecule has 3 aromatic rings. The number of ether oxygens (including phenoxy) is 1. The Morgan fingerprint density at radius 2 is 2.05 bits per heavy atom. The Hall–Kier alpha value is -1.07. The molecule has 5 heteroatoms. The number of benzene rings is 1. The van der Waals surface area contributed by atoms with E-state index in [2.05, 4.69) is 11.4 Å². The highest BCUT2D eigenvalue weighted by molar-refractivity contribution is 7.26. The molecule has 19 heavy (non-hydrogen) atoms. The maximum absolute atomic E-state index is 10.5. The number of aliphatic hydroxyl groups excluding tert-OH is 1. The standard InChI is InChI=1S/C14H11ClO2S2/c1-17-10-3-2-8(15)6-9(10)14(16)13-7-12-11(19-13)4-5-18-12/h2-7,14,16H,1H3. The van der Waals surface area contributed by atoms with Crippen LogP contribution in [0.2, 0.25) is 5.02 Å². The quantitative estimate of drug-likeness (QED) is 0.759. The van der Waals surface area contributed by atoms with Crippen LogP contribution < -0.4 is 4.74 Å². The van der Waals surface area contributed by atoms with Crippen molar-refractivity contribution in [2.24, 2.45) is 0 Å². The van der Waals surface area contributed by atoms with E-state index in [9.17, 15) is 5.11 Å². The minimum Gasteiger partial charge on any atom is -0.496 e. The van der Waals surface area contributed by atoms with Crippen molar-refractivity contribution in [3.05, 3.63) is 51.2 Å². The number of aliphatic hydroxyl groups is 1. The summed E-state index contributed by atoms with van der Waals surface area (Å²) < 4.78 is 7.68. The number of hydrogen-bond acceptors (Lipinski definition) is 4. The van der Waals surface area contributed by atoms with Crippen LogP contribution >= 0.6 is 34.3 Å².